The van der Waals surface area contributed by atoms with Gasteiger partial charge in [-0.1, -0.05) is 0 Å². The number of pyridine rings is 1. The number of nitrogens with two attached hydrogens (primary N) is 1. The number of hydrogen-bond acceptors (Lipinski definition) is 6. The fraction of sp³-hybridized carbons (Fsp3) is 0.652. The zero-order valence-corrected chi connectivity index (χ0v) is 17.6. The molecule has 0 spiro atoms. The van der Waals surface area contributed by atoms with Crippen LogP contribution in [-0.4, -0.2) is 47.1 Å². The van der Waals surface area contributed by atoms with Crippen LogP contribution >= 0.6 is 0 Å². The van der Waals surface area contributed by atoms with Crippen molar-refractivity contribution >= 4 is 17.8 Å². The zero-order chi connectivity index (χ0) is 21.6. The van der Waals surface area contributed by atoms with Crippen LogP contribution in [-0.2, 0) is 9.53 Å². The Labute approximate surface area is 182 Å². The lowest BCUT2D eigenvalue weighted by molar-refractivity contribution is -0.161. The van der Waals surface area contributed by atoms with Crippen molar-refractivity contribution in [1.82, 2.24) is 9.88 Å². The molecule has 8 heteroatoms. The Balaban J connectivity index is 1.16. The van der Waals surface area contributed by atoms with Crippen LogP contribution in [0, 0.1) is 34.5 Å². The van der Waals surface area contributed by atoms with E-state index in [0.29, 0.717) is 30.4 Å². The minimum atomic E-state index is -0.364. The molecule has 0 radical (unpaired) electrons. The second-order valence-electron chi connectivity index (χ2n) is 9.88. The Morgan fingerprint density at radius 2 is 1.94 bits per heavy atom. The number of hydrogen-bond donors (Lipinski definition) is 2. The molecular formula is C23H29N5O3. The average molecular weight is 424 g/mol. The van der Waals surface area contributed by atoms with Crippen molar-refractivity contribution in [2.24, 2.45) is 28.9 Å². The molecule has 4 aliphatic carbocycles. The second kappa shape index (κ2) is 7.70. The summed E-state index contributed by atoms with van der Waals surface area (Å²) in [5, 5.41) is 12.6. The van der Waals surface area contributed by atoms with Crippen LogP contribution in [0.1, 0.15) is 50.5 Å². The number of carbonyl (C=O) groups excluding carboxylic acids is 2. The number of aromatic nitrogens is 1. The monoisotopic (exact) mass is 423 g/mol. The number of nitrogens with one attached hydrogen (secondary N) is 1. The van der Waals surface area contributed by atoms with Gasteiger partial charge in [-0.25, -0.2) is 9.78 Å². The molecule has 4 saturated carbocycles. The van der Waals surface area contributed by atoms with Gasteiger partial charge in [0.25, 0.3) is 0 Å². The van der Waals surface area contributed by atoms with E-state index >= 15 is 0 Å². The molecule has 8 nitrogen and oxygen atoms in total. The standard InChI is InChI=1S/C23H29N5O3/c24-13-15-2-1-5-26-20(15)27-18-3-6-28(7-4-18)22(30)31-19-16-8-14-9-17(19)12-23(10-14,11-16)21(25)29/h1-2,5,14,16-19H,3-4,6-12H2,(H2,25,29)(H,26,27). The highest BCUT2D eigenvalue weighted by Crippen LogP contribution is 2.60. The van der Waals surface area contributed by atoms with E-state index in [9.17, 15) is 14.9 Å². The first kappa shape index (κ1) is 20.1. The Morgan fingerprint density at radius 3 is 2.58 bits per heavy atom. The molecule has 1 aliphatic heterocycles. The molecule has 2 unspecified atom stereocenters. The summed E-state index contributed by atoms with van der Waals surface area (Å²) in [5.74, 6) is 1.50. The highest BCUT2D eigenvalue weighted by Gasteiger charge is 2.59. The normalized spacial score (nSPS) is 34.2. The number of piperidine rings is 1. The smallest absolute Gasteiger partial charge is 0.410 e. The van der Waals surface area contributed by atoms with E-state index in [1.54, 1.807) is 23.2 Å². The summed E-state index contributed by atoms with van der Waals surface area (Å²) >= 11 is 0. The van der Waals surface area contributed by atoms with E-state index in [4.69, 9.17) is 10.5 Å². The Morgan fingerprint density at radius 1 is 1.23 bits per heavy atom. The van der Waals surface area contributed by atoms with Gasteiger partial charge in [0, 0.05) is 25.3 Å². The molecule has 2 atom stereocenters. The maximum atomic E-state index is 12.9. The molecule has 5 fully saturated rings. The number of carbonyl (C=O) groups is 2. The maximum absolute atomic E-state index is 12.9. The van der Waals surface area contributed by atoms with Crippen LogP contribution in [0.4, 0.5) is 10.6 Å². The molecule has 31 heavy (non-hydrogen) atoms. The lowest BCUT2D eigenvalue weighted by Crippen LogP contribution is -2.59. The Kier molecular flexibility index (Phi) is 4.99. The first-order chi connectivity index (χ1) is 15.0. The van der Waals surface area contributed by atoms with Crippen LogP contribution in [0.2, 0.25) is 0 Å². The predicted molar refractivity (Wildman–Crippen MR) is 113 cm³/mol. The SMILES string of the molecule is N#Cc1cccnc1NC1CCN(C(=O)OC2C3CC4CC2CC(C(N)=O)(C4)C3)CC1. The number of amides is 2. The van der Waals surface area contributed by atoms with Crippen molar-refractivity contribution in [2.45, 2.75) is 57.1 Å². The van der Waals surface area contributed by atoms with E-state index < -0.39 is 0 Å². The largest absolute Gasteiger partial charge is 0.446 e. The second-order valence-corrected chi connectivity index (χ2v) is 9.88. The molecule has 1 saturated heterocycles. The highest BCUT2D eigenvalue weighted by molar-refractivity contribution is 5.81. The molecule has 0 aromatic carbocycles. The van der Waals surface area contributed by atoms with Crippen molar-refractivity contribution in [2.75, 3.05) is 18.4 Å². The molecule has 1 aromatic heterocycles. The van der Waals surface area contributed by atoms with E-state index in [2.05, 4.69) is 16.4 Å². The molecule has 2 amide bonds. The summed E-state index contributed by atoms with van der Waals surface area (Å²) in [6.45, 7) is 1.22. The van der Waals surface area contributed by atoms with E-state index in [1.165, 1.54) is 0 Å². The molecular weight excluding hydrogens is 394 g/mol. The van der Waals surface area contributed by atoms with Gasteiger partial charge < -0.3 is 20.7 Å². The van der Waals surface area contributed by atoms with Crippen LogP contribution in [0.25, 0.3) is 0 Å². The molecule has 1 aromatic rings. The van der Waals surface area contributed by atoms with Gasteiger partial charge in [0.2, 0.25) is 5.91 Å². The van der Waals surface area contributed by atoms with Gasteiger partial charge in [0.1, 0.15) is 18.0 Å². The molecule has 164 valence electrons. The third kappa shape index (κ3) is 3.60. The fourth-order valence-electron chi connectivity index (χ4n) is 6.67. The molecule has 2 heterocycles. The minimum absolute atomic E-state index is 0.0842. The predicted octanol–water partition coefficient (Wildman–Crippen LogP) is 2.65. The average Bonchev–Trinajstić information content (AvgIpc) is 2.76. The fourth-order valence-corrected chi connectivity index (χ4v) is 6.67. The third-order valence-electron chi connectivity index (χ3n) is 7.97. The molecule has 5 aliphatic rings. The van der Waals surface area contributed by atoms with Crippen molar-refractivity contribution in [1.29, 1.82) is 5.26 Å². The lowest BCUT2D eigenvalue weighted by Gasteiger charge is -2.58. The number of nitriles is 1. The van der Waals surface area contributed by atoms with Gasteiger partial charge in [0.15, 0.2) is 0 Å². The summed E-state index contributed by atoms with van der Waals surface area (Å²) in [6, 6.07) is 5.82. The van der Waals surface area contributed by atoms with Gasteiger partial charge in [-0.05, 0) is 74.8 Å². The summed E-state index contributed by atoms with van der Waals surface area (Å²) in [5.41, 5.74) is 5.92. The topological polar surface area (TPSA) is 121 Å². The number of nitrogens with zero attached hydrogens (tertiary/aromatic N) is 3. The van der Waals surface area contributed by atoms with Crippen LogP contribution in [0.3, 0.4) is 0 Å². The van der Waals surface area contributed by atoms with Crippen LogP contribution in [0.5, 0.6) is 0 Å². The van der Waals surface area contributed by atoms with Crippen molar-refractivity contribution in [3.63, 3.8) is 0 Å². The van der Waals surface area contributed by atoms with Gasteiger partial charge in [-0.3, -0.25) is 4.79 Å². The van der Waals surface area contributed by atoms with Gasteiger partial charge in [0.05, 0.1) is 11.0 Å². The highest BCUT2D eigenvalue weighted by atomic mass is 16.6. The third-order valence-corrected chi connectivity index (χ3v) is 7.97. The lowest BCUT2D eigenvalue weighted by atomic mass is 9.48. The van der Waals surface area contributed by atoms with Crippen LogP contribution < -0.4 is 11.1 Å². The van der Waals surface area contributed by atoms with Crippen molar-refractivity contribution in [3.05, 3.63) is 23.9 Å². The number of primary amides is 1. The number of likely N-dealkylation sites (tertiary alicyclic amines) is 1. The first-order valence-corrected chi connectivity index (χ1v) is 11.3. The van der Waals surface area contributed by atoms with E-state index in [-0.39, 0.29) is 41.4 Å². The summed E-state index contributed by atoms with van der Waals surface area (Å²) in [7, 11) is 0. The minimum Gasteiger partial charge on any atom is -0.446 e. The summed E-state index contributed by atoms with van der Waals surface area (Å²) in [6.07, 6.45) is 7.45. The number of anilines is 1. The van der Waals surface area contributed by atoms with Crippen molar-refractivity contribution in [3.8, 4) is 6.07 Å². The molecule has 3 N–H and O–H groups in total. The Hall–Kier alpha value is -2.82. The summed E-state index contributed by atoms with van der Waals surface area (Å²) in [4.78, 5) is 31.1. The van der Waals surface area contributed by atoms with Gasteiger partial charge in [-0.2, -0.15) is 5.26 Å². The van der Waals surface area contributed by atoms with E-state index in [0.717, 1.165) is 44.9 Å². The molecule has 6 rings (SSSR count). The van der Waals surface area contributed by atoms with Gasteiger partial charge in [-0.15, -0.1) is 0 Å². The molecule has 4 bridgehead atoms. The first-order valence-electron chi connectivity index (χ1n) is 11.3. The maximum Gasteiger partial charge on any atom is 0.410 e. The van der Waals surface area contributed by atoms with Gasteiger partial charge >= 0.3 is 6.09 Å². The summed E-state index contributed by atoms with van der Waals surface area (Å²) < 4.78 is 6.04. The quantitative estimate of drug-likeness (QED) is 0.768. The number of rotatable bonds is 4. The van der Waals surface area contributed by atoms with E-state index in [1.807, 2.05) is 0 Å². The van der Waals surface area contributed by atoms with Crippen molar-refractivity contribution < 1.29 is 14.3 Å². The Bertz CT molecular complexity index is 904. The van der Waals surface area contributed by atoms with Crippen LogP contribution in [0.15, 0.2) is 18.3 Å². The zero-order valence-electron chi connectivity index (χ0n) is 17.6. The number of ether oxygens (including phenoxy) is 1.